The van der Waals surface area contributed by atoms with E-state index in [0.717, 1.165) is 16.5 Å². The lowest BCUT2D eigenvalue weighted by Gasteiger charge is -2.30. The van der Waals surface area contributed by atoms with E-state index in [1.165, 1.54) is 32.1 Å². The molecule has 0 amide bonds. The second-order valence-electron chi connectivity index (χ2n) is 4.89. The molecule has 0 radical (unpaired) electrons. The molecule has 2 atom stereocenters. The van der Waals surface area contributed by atoms with Gasteiger partial charge in [0.2, 0.25) is 0 Å². The van der Waals surface area contributed by atoms with E-state index in [-0.39, 0.29) is 0 Å². The van der Waals surface area contributed by atoms with Crippen LogP contribution in [-0.4, -0.2) is 6.10 Å². The van der Waals surface area contributed by atoms with Gasteiger partial charge in [-0.1, -0.05) is 56.0 Å². The van der Waals surface area contributed by atoms with E-state index >= 15 is 0 Å². The molecular formula is C15H21ClO. The topological polar surface area (TPSA) is 9.23 Å². The molecule has 0 aromatic heterocycles. The number of hydrogen-bond donors (Lipinski definition) is 0. The van der Waals surface area contributed by atoms with Crippen molar-refractivity contribution < 1.29 is 4.74 Å². The smallest absolute Gasteiger partial charge is 0.0735 e. The molecular weight excluding hydrogens is 232 g/mol. The summed E-state index contributed by atoms with van der Waals surface area (Å²) in [6.07, 6.45) is 6.87. The van der Waals surface area contributed by atoms with Gasteiger partial charge >= 0.3 is 0 Å². The molecule has 1 aliphatic rings. The predicted octanol–water partition coefficient (Wildman–Crippen LogP) is 4.83. The maximum atomic E-state index is 6.13. The highest BCUT2D eigenvalue weighted by atomic mass is 35.5. The van der Waals surface area contributed by atoms with Crippen LogP contribution in [0.4, 0.5) is 0 Å². The van der Waals surface area contributed by atoms with Crippen LogP contribution in [0.15, 0.2) is 24.3 Å². The Morgan fingerprint density at radius 2 is 2.00 bits per heavy atom. The Balaban J connectivity index is 1.90. The minimum atomic E-state index is 0.435. The fourth-order valence-corrected chi connectivity index (χ4v) is 2.86. The Kier molecular flexibility index (Phi) is 4.87. The molecule has 0 N–H and O–H groups in total. The van der Waals surface area contributed by atoms with Crippen molar-refractivity contribution in [3.63, 3.8) is 0 Å². The van der Waals surface area contributed by atoms with Crippen LogP contribution < -0.4 is 0 Å². The van der Waals surface area contributed by atoms with Gasteiger partial charge < -0.3 is 4.74 Å². The molecule has 1 nitrogen and oxygen atoms in total. The molecule has 1 aliphatic carbocycles. The summed E-state index contributed by atoms with van der Waals surface area (Å²) in [7, 11) is 0. The first-order valence-corrected chi connectivity index (χ1v) is 7.04. The number of ether oxygens (including phenoxy) is 1. The van der Waals surface area contributed by atoms with Gasteiger partial charge in [0.05, 0.1) is 12.7 Å². The Bertz CT molecular complexity index is 351. The Hall–Kier alpha value is -0.530. The third-order valence-electron chi connectivity index (χ3n) is 3.77. The van der Waals surface area contributed by atoms with Crippen molar-refractivity contribution in [2.24, 2.45) is 5.92 Å². The van der Waals surface area contributed by atoms with Crippen molar-refractivity contribution in [2.45, 2.75) is 51.7 Å². The van der Waals surface area contributed by atoms with Gasteiger partial charge in [0.1, 0.15) is 0 Å². The van der Waals surface area contributed by atoms with E-state index < -0.39 is 0 Å². The monoisotopic (exact) mass is 252 g/mol. The summed E-state index contributed by atoms with van der Waals surface area (Å²) in [6, 6.07) is 7.95. The van der Waals surface area contributed by atoms with Crippen LogP contribution in [0.5, 0.6) is 0 Å². The normalized spacial score (nSPS) is 24.8. The SMILES string of the molecule is CC[C@@H]1CCCC[C@H]1OCc1ccccc1Cl. The van der Waals surface area contributed by atoms with E-state index in [9.17, 15) is 0 Å². The zero-order chi connectivity index (χ0) is 12.1. The van der Waals surface area contributed by atoms with Gasteiger partial charge in [-0.3, -0.25) is 0 Å². The molecule has 0 aliphatic heterocycles. The lowest BCUT2D eigenvalue weighted by atomic mass is 9.85. The van der Waals surface area contributed by atoms with Gasteiger partial charge in [-0.2, -0.15) is 0 Å². The molecule has 0 heterocycles. The largest absolute Gasteiger partial charge is 0.373 e. The molecule has 1 fully saturated rings. The first-order valence-electron chi connectivity index (χ1n) is 6.66. The quantitative estimate of drug-likeness (QED) is 0.746. The molecule has 2 rings (SSSR count). The summed E-state index contributed by atoms with van der Waals surface area (Å²) in [5, 5.41) is 0.816. The fourth-order valence-electron chi connectivity index (χ4n) is 2.67. The minimum Gasteiger partial charge on any atom is -0.373 e. The van der Waals surface area contributed by atoms with E-state index in [0.29, 0.717) is 12.7 Å². The van der Waals surface area contributed by atoms with E-state index in [2.05, 4.69) is 6.92 Å². The number of benzene rings is 1. The van der Waals surface area contributed by atoms with Crippen LogP contribution in [0.3, 0.4) is 0 Å². The predicted molar refractivity (Wildman–Crippen MR) is 72.3 cm³/mol. The molecule has 0 unspecified atom stereocenters. The van der Waals surface area contributed by atoms with Crippen LogP contribution in [0.1, 0.15) is 44.6 Å². The minimum absolute atomic E-state index is 0.435. The summed E-state index contributed by atoms with van der Waals surface area (Å²) in [6.45, 7) is 2.92. The highest BCUT2D eigenvalue weighted by molar-refractivity contribution is 6.31. The van der Waals surface area contributed by atoms with Crippen LogP contribution in [0.2, 0.25) is 5.02 Å². The molecule has 0 spiro atoms. The highest BCUT2D eigenvalue weighted by Crippen LogP contribution is 2.30. The average molecular weight is 253 g/mol. The van der Waals surface area contributed by atoms with Gasteiger partial charge in [-0.25, -0.2) is 0 Å². The summed E-state index contributed by atoms with van der Waals surface area (Å²) in [5.74, 6) is 0.742. The molecule has 1 aromatic rings. The van der Waals surface area contributed by atoms with Crippen molar-refractivity contribution in [2.75, 3.05) is 0 Å². The van der Waals surface area contributed by atoms with Gasteiger partial charge in [0, 0.05) is 5.02 Å². The summed E-state index contributed by atoms with van der Waals surface area (Å²) in [4.78, 5) is 0. The third-order valence-corrected chi connectivity index (χ3v) is 4.14. The highest BCUT2D eigenvalue weighted by Gasteiger charge is 2.24. The van der Waals surface area contributed by atoms with E-state index in [1.807, 2.05) is 24.3 Å². The molecule has 0 saturated heterocycles. The van der Waals surface area contributed by atoms with Gasteiger partial charge in [-0.05, 0) is 30.4 Å². The van der Waals surface area contributed by atoms with Crippen LogP contribution in [-0.2, 0) is 11.3 Å². The van der Waals surface area contributed by atoms with Crippen molar-refractivity contribution in [1.82, 2.24) is 0 Å². The first-order chi connectivity index (χ1) is 8.31. The van der Waals surface area contributed by atoms with Crippen molar-refractivity contribution in [3.8, 4) is 0 Å². The molecule has 2 heteroatoms. The summed E-state index contributed by atoms with van der Waals surface area (Å²) >= 11 is 6.13. The van der Waals surface area contributed by atoms with Gasteiger partial charge in [0.15, 0.2) is 0 Å². The number of hydrogen-bond acceptors (Lipinski definition) is 1. The van der Waals surface area contributed by atoms with Crippen molar-refractivity contribution in [3.05, 3.63) is 34.9 Å². The van der Waals surface area contributed by atoms with Crippen LogP contribution in [0.25, 0.3) is 0 Å². The van der Waals surface area contributed by atoms with E-state index in [1.54, 1.807) is 0 Å². The molecule has 1 aromatic carbocycles. The molecule has 17 heavy (non-hydrogen) atoms. The molecule has 1 saturated carbocycles. The maximum absolute atomic E-state index is 6.13. The summed E-state index contributed by atoms with van der Waals surface area (Å²) < 4.78 is 6.07. The van der Waals surface area contributed by atoms with Gasteiger partial charge in [-0.15, -0.1) is 0 Å². The molecule has 94 valence electrons. The molecule has 0 bridgehead atoms. The van der Waals surface area contributed by atoms with E-state index in [4.69, 9.17) is 16.3 Å². The Morgan fingerprint density at radius 1 is 1.24 bits per heavy atom. The fraction of sp³-hybridized carbons (Fsp3) is 0.600. The van der Waals surface area contributed by atoms with Crippen molar-refractivity contribution >= 4 is 11.6 Å². The van der Waals surface area contributed by atoms with Crippen LogP contribution in [0, 0.1) is 5.92 Å². The second-order valence-corrected chi connectivity index (χ2v) is 5.30. The zero-order valence-electron chi connectivity index (χ0n) is 10.5. The first kappa shape index (κ1) is 12.9. The average Bonchev–Trinajstić information content (AvgIpc) is 2.38. The lowest BCUT2D eigenvalue weighted by molar-refractivity contribution is -0.0221. The number of halogens is 1. The summed E-state index contributed by atoms with van der Waals surface area (Å²) in [5.41, 5.74) is 1.11. The zero-order valence-corrected chi connectivity index (χ0v) is 11.2. The standard InChI is InChI=1S/C15H21ClO/c1-2-12-7-4-6-10-15(12)17-11-13-8-3-5-9-14(13)16/h3,5,8-9,12,15H,2,4,6-7,10-11H2,1H3/t12-,15-/m1/s1. The Morgan fingerprint density at radius 3 is 2.76 bits per heavy atom. The number of rotatable bonds is 4. The third kappa shape index (κ3) is 3.46. The lowest BCUT2D eigenvalue weighted by Crippen LogP contribution is -2.27. The van der Waals surface area contributed by atoms with Crippen molar-refractivity contribution in [1.29, 1.82) is 0 Å². The van der Waals surface area contributed by atoms with Crippen LogP contribution >= 0.6 is 11.6 Å². The maximum Gasteiger partial charge on any atom is 0.0735 e. The van der Waals surface area contributed by atoms with Gasteiger partial charge in [0.25, 0.3) is 0 Å². The second kappa shape index (κ2) is 6.42. The Labute approximate surface area is 109 Å².